The van der Waals surface area contributed by atoms with Crippen LogP contribution in [0, 0.1) is 11.3 Å². The summed E-state index contributed by atoms with van der Waals surface area (Å²) in [6.07, 6.45) is 0.944. The number of ether oxygens (including phenoxy) is 3. The maximum atomic E-state index is 5.71. The van der Waals surface area contributed by atoms with Gasteiger partial charge in [0.1, 0.15) is 0 Å². The van der Waals surface area contributed by atoms with E-state index in [2.05, 4.69) is 33.0 Å². The summed E-state index contributed by atoms with van der Waals surface area (Å²) in [6.45, 7) is 14.6. The molecule has 0 saturated heterocycles. The fourth-order valence-corrected chi connectivity index (χ4v) is 1.61. The van der Waals surface area contributed by atoms with E-state index < -0.39 is 0 Å². The molecule has 0 rings (SSSR count). The van der Waals surface area contributed by atoms with Crippen LogP contribution in [0.5, 0.6) is 0 Å². The molecule has 0 aliphatic rings. The summed E-state index contributed by atoms with van der Waals surface area (Å²) in [4.78, 5) is 0. The van der Waals surface area contributed by atoms with Crippen molar-refractivity contribution in [1.29, 1.82) is 0 Å². The van der Waals surface area contributed by atoms with Gasteiger partial charge in [0.15, 0.2) is 0 Å². The molecule has 0 aliphatic heterocycles. The van der Waals surface area contributed by atoms with Gasteiger partial charge in [0.05, 0.1) is 19.8 Å². The Labute approximate surface area is 119 Å². The van der Waals surface area contributed by atoms with Gasteiger partial charge < -0.3 is 19.5 Å². The van der Waals surface area contributed by atoms with Crippen molar-refractivity contribution in [3.8, 4) is 0 Å². The molecule has 0 aromatic rings. The molecule has 0 fully saturated rings. The Kier molecular flexibility index (Phi) is 11.6. The molecule has 116 valence electrons. The van der Waals surface area contributed by atoms with Crippen LogP contribution in [-0.2, 0) is 14.2 Å². The average Bonchev–Trinajstić information content (AvgIpc) is 2.31. The second-order valence-corrected chi connectivity index (χ2v) is 6.20. The Morgan fingerprint density at radius 1 is 1.00 bits per heavy atom. The fourth-order valence-electron chi connectivity index (χ4n) is 1.61. The summed E-state index contributed by atoms with van der Waals surface area (Å²) in [5.74, 6) is 0.695. The number of nitrogens with one attached hydrogen (secondary N) is 1. The summed E-state index contributed by atoms with van der Waals surface area (Å²) in [6, 6.07) is 0. The Morgan fingerprint density at radius 2 is 1.68 bits per heavy atom. The normalized spacial score (nSPS) is 12.3. The molecule has 0 aromatic heterocycles. The monoisotopic (exact) mass is 275 g/mol. The van der Waals surface area contributed by atoms with Crippen molar-refractivity contribution in [2.75, 3.05) is 53.2 Å². The van der Waals surface area contributed by atoms with Crippen LogP contribution in [0.15, 0.2) is 0 Å². The largest absolute Gasteiger partial charge is 0.382 e. The molecule has 19 heavy (non-hydrogen) atoms. The van der Waals surface area contributed by atoms with E-state index in [9.17, 15) is 0 Å². The van der Waals surface area contributed by atoms with Gasteiger partial charge in [0.2, 0.25) is 0 Å². The van der Waals surface area contributed by atoms with Gasteiger partial charge >= 0.3 is 0 Å². The van der Waals surface area contributed by atoms with Crippen LogP contribution >= 0.6 is 0 Å². The minimum atomic E-state index is 0.186. The molecule has 0 aliphatic carbocycles. The number of methoxy groups -OCH3 is 1. The van der Waals surface area contributed by atoms with E-state index in [0.29, 0.717) is 19.1 Å². The van der Waals surface area contributed by atoms with Gasteiger partial charge in [-0.15, -0.1) is 0 Å². The minimum absolute atomic E-state index is 0.186. The second kappa shape index (κ2) is 11.6. The summed E-state index contributed by atoms with van der Waals surface area (Å²) in [5, 5.41) is 3.48. The lowest BCUT2D eigenvalue weighted by molar-refractivity contribution is 0.0308. The van der Waals surface area contributed by atoms with Gasteiger partial charge in [-0.2, -0.15) is 0 Å². The van der Waals surface area contributed by atoms with Crippen molar-refractivity contribution < 1.29 is 14.2 Å². The Bertz CT molecular complexity index is 196. The van der Waals surface area contributed by atoms with Crippen molar-refractivity contribution in [1.82, 2.24) is 5.32 Å². The van der Waals surface area contributed by atoms with Gasteiger partial charge in [0, 0.05) is 32.3 Å². The minimum Gasteiger partial charge on any atom is -0.382 e. The van der Waals surface area contributed by atoms with E-state index >= 15 is 0 Å². The van der Waals surface area contributed by atoms with Gasteiger partial charge in [-0.05, 0) is 18.9 Å². The zero-order valence-electron chi connectivity index (χ0n) is 13.5. The first-order valence-electron chi connectivity index (χ1n) is 7.33. The highest BCUT2D eigenvalue weighted by atomic mass is 16.5. The van der Waals surface area contributed by atoms with Crippen LogP contribution in [0.3, 0.4) is 0 Å². The summed E-state index contributed by atoms with van der Waals surface area (Å²) in [7, 11) is 1.68. The lowest BCUT2D eigenvalue weighted by Gasteiger charge is -2.25. The maximum Gasteiger partial charge on any atom is 0.0700 e. The van der Waals surface area contributed by atoms with Gasteiger partial charge in [0.25, 0.3) is 0 Å². The fraction of sp³-hybridized carbons (Fsp3) is 1.00. The third-order valence-electron chi connectivity index (χ3n) is 2.66. The van der Waals surface area contributed by atoms with Crippen LogP contribution in [0.1, 0.15) is 34.1 Å². The molecule has 0 bridgehead atoms. The Balaban J connectivity index is 3.37. The molecule has 1 N–H and O–H groups in total. The number of hydrogen-bond acceptors (Lipinski definition) is 4. The SMILES string of the molecule is COCCOCCCOCC(C)(C)CNCC(C)C. The lowest BCUT2D eigenvalue weighted by Crippen LogP contribution is -2.35. The highest BCUT2D eigenvalue weighted by Gasteiger charge is 2.17. The number of hydrogen-bond donors (Lipinski definition) is 1. The molecule has 0 unspecified atom stereocenters. The molecule has 0 aromatic carbocycles. The van der Waals surface area contributed by atoms with E-state index in [1.807, 2.05) is 0 Å². The van der Waals surface area contributed by atoms with Crippen LogP contribution in [0.4, 0.5) is 0 Å². The Hall–Kier alpha value is -0.160. The molecule has 4 heteroatoms. The predicted molar refractivity (Wildman–Crippen MR) is 79.6 cm³/mol. The molecule has 0 saturated carbocycles. The first-order chi connectivity index (χ1) is 8.98. The van der Waals surface area contributed by atoms with Crippen molar-refractivity contribution in [2.45, 2.75) is 34.1 Å². The second-order valence-electron chi connectivity index (χ2n) is 6.20. The summed E-state index contributed by atoms with van der Waals surface area (Å²) in [5.41, 5.74) is 0.186. The molecule has 0 atom stereocenters. The summed E-state index contributed by atoms with van der Waals surface area (Å²) < 4.78 is 16.0. The van der Waals surface area contributed by atoms with Crippen molar-refractivity contribution >= 4 is 0 Å². The molecular weight excluding hydrogens is 242 g/mol. The topological polar surface area (TPSA) is 39.7 Å². The predicted octanol–water partition coefficient (Wildman–Crippen LogP) is 2.33. The van der Waals surface area contributed by atoms with Crippen molar-refractivity contribution in [2.24, 2.45) is 11.3 Å². The van der Waals surface area contributed by atoms with E-state index in [0.717, 1.165) is 39.3 Å². The van der Waals surface area contributed by atoms with Crippen molar-refractivity contribution in [3.05, 3.63) is 0 Å². The number of rotatable bonds is 13. The lowest BCUT2D eigenvalue weighted by atomic mass is 9.94. The van der Waals surface area contributed by atoms with E-state index in [1.54, 1.807) is 7.11 Å². The smallest absolute Gasteiger partial charge is 0.0700 e. The highest BCUT2D eigenvalue weighted by Crippen LogP contribution is 2.14. The third-order valence-corrected chi connectivity index (χ3v) is 2.66. The average molecular weight is 275 g/mol. The zero-order valence-corrected chi connectivity index (χ0v) is 13.5. The molecule has 4 nitrogen and oxygen atoms in total. The first-order valence-corrected chi connectivity index (χ1v) is 7.33. The third kappa shape index (κ3) is 14.1. The highest BCUT2D eigenvalue weighted by molar-refractivity contribution is 4.71. The van der Waals surface area contributed by atoms with E-state index in [4.69, 9.17) is 14.2 Å². The van der Waals surface area contributed by atoms with Crippen LogP contribution < -0.4 is 5.32 Å². The Morgan fingerprint density at radius 3 is 2.32 bits per heavy atom. The molecular formula is C15H33NO3. The quantitative estimate of drug-likeness (QED) is 0.524. The van der Waals surface area contributed by atoms with Gasteiger partial charge in [-0.25, -0.2) is 0 Å². The van der Waals surface area contributed by atoms with Crippen LogP contribution in [0.25, 0.3) is 0 Å². The molecule has 0 radical (unpaired) electrons. The standard InChI is InChI=1S/C15H33NO3/c1-14(2)11-16-12-15(3,4)13-19-8-6-7-18-10-9-17-5/h14,16H,6-13H2,1-5H3. The molecule has 0 amide bonds. The maximum absolute atomic E-state index is 5.71. The van der Waals surface area contributed by atoms with Crippen molar-refractivity contribution in [3.63, 3.8) is 0 Å². The van der Waals surface area contributed by atoms with E-state index in [1.165, 1.54) is 0 Å². The summed E-state index contributed by atoms with van der Waals surface area (Å²) >= 11 is 0. The molecule has 0 spiro atoms. The van der Waals surface area contributed by atoms with Crippen LogP contribution in [-0.4, -0.2) is 53.2 Å². The van der Waals surface area contributed by atoms with E-state index in [-0.39, 0.29) is 5.41 Å². The van der Waals surface area contributed by atoms with Gasteiger partial charge in [-0.3, -0.25) is 0 Å². The van der Waals surface area contributed by atoms with Gasteiger partial charge in [-0.1, -0.05) is 27.7 Å². The molecule has 0 heterocycles. The zero-order chi connectivity index (χ0) is 14.6. The first kappa shape index (κ1) is 18.8. The van der Waals surface area contributed by atoms with Crippen LogP contribution in [0.2, 0.25) is 0 Å².